The van der Waals surface area contributed by atoms with Gasteiger partial charge in [-0.05, 0) is 12.8 Å². The van der Waals surface area contributed by atoms with Crippen molar-refractivity contribution >= 4 is 5.91 Å². The third kappa shape index (κ3) is 4.01. The standard InChI is InChI=1S/C11H20N2O2/c1-2-5-12(8-9-14)10-11(15)13-6-3-4-7-13/h2,14H,1,3-10H2. The van der Waals surface area contributed by atoms with Crippen molar-refractivity contribution in [2.75, 3.05) is 39.3 Å². The molecular weight excluding hydrogens is 192 g/mol. The Balaban J connectivity index is 2.34. The summed E-state index contributed by atoms with van der Waals surface area (Å²) in [5.74, 6) is 0.169. The molecule has 1 rings (SSSR count). The summed E-state index contributed by atoms with van der Waals surface area (Å²) >= 11 is 0. The van der Waals surface area contributed by atoms with Gasteiger partial charge in [0, 0.05) is 26.2 Å². The highest BCUT2D eigenvalue weighted by Gasteiger charge is 2.19. The molecule has 86 valence electrons. The van der Waals surface area contributed by atoms with E-state index in [4.69, 9.17) is 5.11 Å². The molecule has 0 spiro atoms. The first-order valence-electron chi connectivity index (χ1n) is 5.50. The van der Waals surface area contributed by atoms with Crippen LogP contribution in [0.1, 0.15) is 12.8 Å². The van der Waals surface area contributed by atoms with Crippen molar-refractivity contribution in [3.8, 4) is 0 Å². The molecular formula is C11H20N2O2. The summed E-state index contributed by atoms with van der Waals surface area (Å²) < 4.78 is 0. The number of nitrogens with zero attached hydrogens (tertiary/aromatic N) is 2. The van der Waals surface area contributed by atoms with Crippen LogP contribution in [0.25, 0.3) is 0 Å². The zero-order valence-electron chi connectivity index (χ0n) is 9.19. The van der Waals surface area contributed by atoms with Gasteiger partial charge < -0.3 is 10.0 Å². The molecule has 0 atom stereocenters. The number of aliphatic hydroxyl groups excluding tert-OH is 1. The van der Waals surface area contributed by atoms with Crippen LogP contribution in [0.3, 0.4) is 0 Å². The van der Waals surface area contributed by atoms with Crippen LogP contribution in [-0.2, 0) is 4.79 Å². The second-order valence-electron chi connectivity index (χ2n) is 3.84. The van der Waals surface area contributed by atoms with Crippen LogP contribution in [0.2, 0.25) is 0 Å². The van der Waals surface area contributed by atoms with Gasteiger partial charge in [0.15, 0.2) is 0 Å². The van der Waals surface area contributed by atoms with E-state index >= 15 is 0 Å². The van der Waals surface area contributed by atoms with Crippen molar-refractivity contribution in [1.82, 2.24) is 9.80 Å². The van der Waals surface area contributed by atoms with Gasteiger partial charge >= 0.3 is 0 Å². The third-order valence-electron chi connectivity index (χ3n) is 2.62. The van der Waals surface area contributed by atoms with Crippen molar-refractivity contribution < 1.29 is 9.90 Å². The van der Waals surface area contributed by atoms with Gasteiger partial charge in [-0.15, -0.1) is 6.58 Å². The number of amides is 1. The van der Waals surface area contributed by atoms with Gasteiger partial charge in [-0.3, -0.25) is 9.69 Å². The molecule has 0 bridgehead atoms. The monoisotopic (exact) mass is 212 g/mol. The number of hydrogen-bond acceptors (Lipinski definition) is 3. The van der Waals surface area contributed by atoms with Crippen LogP contribution >= 0.6 is 0 Å². The van der Waals surface area contributed by atoms with Gasteiger partial charge in [0.05, 0.1) is 13.2 Å². The zero-order chi connectivity index (χ0) is 11.1. The number of carbonyl (C=O) groups excluding carboxylic acids is 1. The lowest BCUT2D eigenvalue weighted by molar-refractivity contribution is -0.131. The molecule has 1 N–H and O–H groups in total. The number of aliphatic hydroxyl groups is 1. The van der Waals surface area contributed by atoms with E-state index in [0.29, 0.717) is 19.6 Å². The molecule has 4 heteroatoms. The third-order valence-corrected chi connectivity index (χ3v) is 2.62. The summed E-state index contributed by atoms with van der Waals surface area (Å²) in [5, 5.41) is 8.84. The average molecular weight is 212 g/mol. The summed E-state index contributed by atoms with van der Waals surface area (Å²) in [5.41, 5.74) is 0. The molecule has 0 aromatic heterocycles. The van der Waals surface area contributed by atoms with Gasteiger partial charge in [0.25, 0.3) is 0 Å². The molecule has 0 aromatic carbocycles. The van der Waals surface area contributed by atoms with E-state index in [2.05, 4.69) is 6.58 Å². The van der Waals surface area contributed by atoms with E-state index < -0.39 is 0 Å². The van der Waals surface area contributed by atoms with Crippen LogP contribution in [0.5, 0.6) is 0 Å². The average Bonchev–Trinajstić information content (AvgIpc) is 2.71. The first kappa shape index (κ1) is 12.2. The molecule has 0 aliphatic carbocycles. The second kappa shape index (κ2) is 6.58. The fraction of sp³-hybridized carbons (Fsp3) is 0.727. The minimum atomic E-state index is 0.0844. The highest BCUT2D eigenvalue weighted by Crippen LogP contribution is 2.07. The van der Waals surface area contributed by atoms with Crippen LogP contribution in [0.4, 0.5) is 0 Å². The van der Waals surface area contributed by atoms with E-state index in [1.807, 2.05) is 9.80 Å². The topological polar surface area (TPSA) is 43.8 Å². The maximum Gasteiger partial charge on any atom is 0.236 e. The van der Waals surface area contributed by atoms with Crippen LogP contribution in [0.15, 0.2) is 12.7 Å². The second-order valence-corrected chi connectivity index (χ2v) is 3.84. The first-order valence-corrected chi connectivity index (χ1v) is 5.50. The molecule has 0 aromatic rings. The molecule has 0 unspecified atom stereocenters. The smallest absolute Gasteiger partial charge is 0.236 e. The van der Waals surface area contributed by atoms with Gasteiger partial charge in [-0.25, -0.2) is 0 Å². The van der Waals surface area contributed by atoms with Gasteiger partial charge in [0.2, 0.25) is 5.91 Å². The van der Waals surface area contributed by atoms with Crippen LogP contribution in [0, 0.1) is 0 Å². The van der Waals surface area contributed by atoms with Crippen molar-refractivity contribution in [1.29, 1.82) is 0 Å². The predicted octanol–water partition coefficient (Wildman–Crippen LogP) is 0.0891. The van der Waals surface area contributed by atoms with Crippen molar-refractivity contribution in [3.63, 3.8) is 0 Å². The Hall–Kier alpha value is -0.870. The first-order chi connectivity index (χ1) is 7.27. The van der Waals surface area contributed by atoms with Crippen molar-refractivity contribution in [3.05, 3.63) is 12.7 Å². The normalized spacial score (nSPS) is 16.0. The summed E-state index contributed by atoms with van der Waals surface area (Å²) in [7, 11) is 0. The van der Waals surface area contributed by atoms with E-state index in [1.54, 1.807) is 6.08 Å². The minimum Gasteiger partial charge on any atom is -0.395 e. The number of likely N-dealkylation sites (tertiary alicyclic amines) is 1. The molecule has 0 radical (unpaired) electrons. The van der Waals surface area contributed by atoms with Gasteiger partial charge in [-0.2, -0.15) is 0 Å². The molecule has 4 nitrogen and oxygen atoms in total. The number of rotatable bonds is 6. The Morgan fingerprint density at radius 3 is 2.67 bits per heavy atom. The van der Waals surface area contributed by atoms with Crippen molar-refractivity contribution in [2.24, 2.45) is 0 Å². The Bertz CT molecular complexity index is 213. The molecule has 1 fully saturated rings. The predicted molar refractivity (Wildman–Crippen MR) is 59.5 cm³/mol. The lowest BCUT2D eigenvalue weighted by Gasteiger charge is -2.22. The van der Waals surface area contributed by atoms with Crippen LogP contribution in [-0.4, -0.2) is 60.1 Å². The van der Waals surface area contributed by atoms with E-state index in [0.717, 1.165) is 25.9 Å². The summed E-state index contributed by atoms with van der Waals surface area (Å²) in [4.78, 5) is 15.6. The Morgan fingerprint density at radius 1 is 1.47 bits per heavy atom. The molecule has 1 saturated heterocycles. The maximum atomic E-state index is 11.8. The number of carbonyl (C=O) groups is 1. The Morgan fingerprint density at radius 2 is 2.13 bits per heavy atom. The highest BCUT2D eigenvalue weighted by molar-refractivity contribution is 5.78. The largest absolute Gasteiger partial charge is 0.395 e. The Labute approximate surface area is 91.2 Å². The SMILES string of the molecule is C=CCN(CCO)CC(=O)N1CCCC1. The Kier molecular flexibility index (Phi) is 5.36. The maximum absolute atomic E-state index is 11.8. The quantitative estimate of drug-likeness (QED) is 0.635. The van der Waals surface area contributed by atoms with Gasteiger partial charge in [-0.1, -0.05) is 6.08 Å². The summed E-state index contributed by atoms with van der Waals surface area (Å²) in [6.45, 7) is 7.08. The van der Waals surface area contributed by atoms with E-state index in [9.17, 15) is 4.79 Å². The van der Waals surface area contributed by atoms with E-state index in [-0.39, 0.29) is 12.5 Å². The highest BCUT2D eigenvalue weighted by atomic mass is 16.3. The fourth-order valence-corrected chi connectivity index (χ4v) is 1.82. The lowest BCUT2D eigenvalue weighted by Crippen LogP contribution is -2.40. The molecule has 1 aliphatic rings. The molecule has 1 amide bonds. The molecule has 0 saturated carbocycles. The number of hydrogen-bond donors (Lipinski definition) is 1. The van der Waals surface area contributed by atoms with Crippen molar-refractivity contribution in [2.45, 2.75) is 12.8 Å². The molecule has 15 heavy (non-hydrogen) atoms. The summed E-state index contributed by atoms with van der Waals surface area (Å²) in [6.07, 6.45) is 3.99. The minimum absolute atomic E-state index is 0.0844. The lowest BCUT2D eigenvalue weighted by atomic mass is 10.4. The fourth-order valence-electron chi connectivity index (χ4n) is 1.82. The van der Waals surface area contributed by atoms with E-state index in [1.165, 1.54) is 0 Å². The zero-order valence-corrected chi connectivity index (χ0v) is 9.19. The summed E-state index contributed by atoms with van der Waals surface area (Å²) in [6, 6.07) is 0. The molecule has 1 aliphatic heterocycles. The molecule has 1 heterocycles. The van der Waals surface area contributed by atoms with Gasteiger partial charge in [0.1, 0.15) is 0 Å². The van der Waals surface area contributed by atoms with Crippen LogP contribution < -0.4 is 0 Å².